The highest BCUT2D eigenvalue weighted by Crippen LogP contribution is 2.37. The maximum atomic E-state index is 13.4. The SMILES string of the molecule is CCC1=NC2=CC(C(F)(F)F)=CN(NC)N2C1Cc1ccc(-c2ccccc2-c2nn[nH]n2)cc1. The number of aromatic amines is 1. The largest absolute Gasteiger partial charge is 0.418 e. The van der Waals surface area contributed by atoms with Gasteiger partial charge in [0.1, 0.15) is 5.82 Å². The Morgan fingerprint density at radius 3 is 2.43 bits per heavy atom. The predicted octanol–water partition coefficient (Wildman–Crippen LogP) is 4.26. The zero-order valence-electron chi connectivity index (χ0n) is 19.1. The van der Waals surface area contributed by atoms with Gasteiger partial charge in [0.05, 0.1) is 17.8 Å². The minimum atomic E-state index is -4.46. The molecule has 180 valence electrons. The van der Waals surface area contributed by atoms with E-state index in [4.69, 9.17) is 0 Å². The van der Waals surface area contributed by atoms with Gasteiger partial charge < -0.3 is 0 Å². The molecule has 1 aromatic heterocycles. The Morgan fingerprint density at radius 1 is 1.06 bits per heavy atom. The molecule has 0 fully saturated rings. The summed E-state index contributed by atoms with van der Waals surface area (Å²) in [5.41, 5.74) is 6.80. The van der Waals surface area contributed by atoms with Crippen molar-refractivity contribution >= 4 is 5.71 Å². The van der Waals surface area contributed by atoms with Gasteiger partial charge in [-0.25, -0.2) is 20.5 Å². The molecule has 3 heterocycles. The number of H-pyrrole nitrogens is 1. The summed E-state index contributed by atoms with van der Waals surface area (Å²) in [6.07, 6.45) is -1.08. The van der Waals surface area contributed by atoms with Gasteiger partial charge in [0, 0.05) is 24.7 Å². The van der Waals surface area contributed by atoms with E-state index in [0.717, 1.165) is 40.2 Å². The molecule has 8 nitrogen and oxygen atoms in total. The van der Waals surface area contributed by atoms with Gasteiger partial charge in [0.15, 0.2) is 0 Å². The van der Waals surface area contributed by atoms with E-state index in [9.17, 15) is 13.2 Å². The second kappa shape index (κ2) is 8.99. The van der Waals surface area contributed by atoms with Crippen molar-refractivity contribution in [2.45, 2.75) is 32.0 Å². The van der Waals surface area contributed by atoms with Crippen LogP contribution in [0.2, 0.25) is 0 Å². The lowest BCUT2D eigenvalue weighted by Crippen LogP contribution is -2.52. The van der Waals surface area contributed by atoms with Crippen molar-refractivity contribution in [3.8, 4) is 22.5 Å². The Kier molecular flexibility index (Phi) is 5.85. The van der Waals surface area contributed by atoms with Crippen LogP contribution in [0.25, 0.3) is 22.5 Å². The molecule has 1 unspecified atom stereocenters. The van der Waals surface area contributed by atoms with Crippen LogP contribution in [0.4, 0.5) is 13.2 Å². The molecule has 0 saturated carbocycles. The van der Waals surface area contributed by atoms with Crippen molar-refractivity contribution < 1.29 is 13.2 Å². The Hall–Kier alpha value is -3.99. The molecule has 0 amide bonds. The Balaban J connectivity index is 1.41. The van der Waals surface area contributed by atoms with E-state index < -0.39 is 11.7 Å². The molecule has 0 spiro atoms. The summed E-state index contributed by atoms with van der Waals surface area (Å²) in [6.45, 7) is 1.96. The van der Waals surface area contributed by atoms with Gasteiger partial charge in [0.2, 0.25) is 5.82 Å². The van der Waals surface area contributed by atoms with E-state index in [1.54, 1.807) is 12.1 Å². The molecular formula is C24H23F3N8. The van der Waals surface area contributed by atoms with E-state index in [1.807, 2.05) is 55.5 Å². The van der Waals surface area contributed by atoms with Crippen LogP contribution >= 0.6 is 0 Å². The van der Waals surface area contributed by atoms with E-state index in [0.29, 0.717) is 18.7 Å². The first-order valence-corrected chi connectivity index (χ1v) is 11.1. The molecule has 0 bridgehead atoms. The highest BCUT2D eigenvalue weighted by Gasteiger charge is 2.41. The molecule has 2 aromatic carbocycles. The van der Waals surface area contributed by atoms with Crippen molar-refractivity contribution in [2.24, 2.45) is 4.99 Å². The van der Waals surface area contributed by atoms with E-state index >= 15 is 0 Å². The van der Waals surface area contributed by atoms with Gasteiger partial charge in [-0.15, -0.1) is 10.2 Å². The molecule has 0 aliphatic carbocycles. The number of nitrogens with one attached hydrogen (secondary N) is 2. The highest BCUT2D eigenvalue weighted by molar-refractivity contribution is 5.92. The van der Waals surface area contributed by atoms with E-state index in [1.165, 1.54) is 5.12 Å². The van der Waals surface area contributed by atoms with Gasteiger partial charge in [-0.3, -0.25) is 0 Å². The van der Waals surface area contributed by atoms with Crippen LogP contribution in [0.1, 0.15) is 18.9 Å². The summed E-state index contributed by atoms with van der Waals surface area (Å²) < 4.78 is 40.1. The molecule has 2 N–H and O–H groups in total. The maximum absolute atomic E-state index is 13.4. The summed E-state index contributed by atoms with van der Waals surface area (Å²) in [5, 5.41) is 17.5. The monoisotopic (exact) mass is 480 g/mol. The number of nitrogens with zero attached hydrogens (tertiary/aromatic N) is 6. The first kappa shape index (κ1) is 22.8. The van der Waals surface area contributed by atoms with E-state index in [-0.39, 0.29) is 11.9 Å². The van der Waals surface area contributed by atoms with Crippen molar-refractivity contribution in [3.05, 3.63) is 77.8 Å². The molecule has 0 saturated heterocycles. The second-order valence-electron chi connectivity index (χ2n) is 8.15. The van der Waals surface area contributed by atoms with Gasteiger partial charge in [-0.05, 0) is 34.4 Å². The van der Waals surface area contributed by atoms with E-state index in [2.05, 4.69) is 31.0 Å². The number of aliphatic imine (C=N–C) groups is 1. The number of hydrogen-bond acceptors (Lipinski definition) is 7. The topological polar surface area (TPSA) is 85.3 Å². The third kappa shape index (κ3) is 4.30. The molecule has 35 heavy (non-hydrogen) atoms. The number of fused-ring (bicyclic) bond motifs is 1. The standard InChI is InChI=1S/C24H23F3N8/c1-3-20-21(35-22(29-20)13-17(24(25,26)27)14-34(35)28-2)12-15-8-10-16(11-9-15)18-6-4-5-7-19(18)23-30-32-33-31-23/h4-11,13-14,21,28H,3,12H2,1-2H3,(H,30,31,32,33). The highest BCUT2D eigenvalue weighted by atomic mass is 19.4. The maximum Gasteiger partial charge on any atom is 0.418 e. The number of benzene rings is 2. The zero-order chi connectivity index (χ0) is 24.6. The normalized spacial score (nSPS) is 17.7. The molecule has 0 radical (unpaired) electrons. The molecule has 2 aliphatic rings. The summed E-state index contributed by atoms with van der Waals surface area (Å²) in [7, 11) is 1.59. The van der Waals surface area contributed by atoms with Crippen LogP contribution in [0.3, 0.4) is 0 Å². The van der Waals surface area contributed by atoms with Crippen LogP contribution < -0.4 is 5.43 Å². The van der Waals surface area contributed by atoms with Crippen LogP contribution in [-0.2, 0) is 6.42 Å². The smallest absolute Gasteiger partial charge is 0.245 e. The van der Waals surface area contributed by atoms with Gasteiger partial charge in [-0.1, -0.05) is 55.5 Å². The predicted molar refractivity (Wildman–Crippen MR) is 125 cm³/mol. The minimum absolute atomic E-state index is 0.206. The van der Waals surface area contributed by atoms with Crippen LogP contribution in [0, 0.1) is 0 Å². The second-order valence-corrected chi connectivity index (χ2v) is 8.15. The summed E-state index contributed by atoms with van der Waals surface area (Å²) >= 11 is 0. The Labute approximate surface area is 199 Å². The van der Waals surface area contributed by atoms with Crippen LogP contribution in [0.5, 0.6) is 0 Å². The third-order valence-electron chi connectivity index (χ3n) is 6.08. The third-order valence-corrected chi connectivity index (χ3v) is 6.08. The fourth-order valence-electron chi connectivity index (χ4n) is 4.40. The molecule has 1 atom stereocenters. The van der Waals surface area contributed by atoms with Crippen molar-refractivity contribution in [1.82, 2.24) is 36.2 Å². The molecule has 5 rings (SSSR count). The fraction of sp³-hybridized carbons (Fsp3) is 0.250. The average molecular weight is 480 g/mol. The lowest BCUT2D eigenvalue weighted by molar-refractivity contribution is -0.0953. The minimum Gasteiger partial charge on any atom is -0.245 e. The number of alkyl halides is 3. The number of halogens is 3. The Morgan fingerprint density at radius 2 is 1.80 bits per heavy atom. The molecule has 11 heteroatoms. The number of allylic oxidation sites excluding steroid dienone is 2. The van der Waals surface area contributed by atoms with Gasteiger partial charge in [-0.2, -0.15) is 18.4 Å². The number of hydrazine groups is 2. The molecule has 3 aromatic rings. The van der Waals surface area contributed by atoms with Crippen LogP contribution in [-0.4, -0.2) is 55.7 Å². The number of hydrogen-bond donors (Lipinski definition) is 2. The lowest BCUT2D eigenvalue weighted by atomic mass is 9.95. The van der Waals surface area contributed by atoms with Gasteiger partial charge in [0.25, 0.3) is 0 Å². The van der Waals surface area contributed by atoms with Crippen LogP contribution in [0.15, 0.2) is 77.2 Å². The number of aromatic nitrogens is 4. The van der Waals surface area contributed by atoms with Crippen molar-refractivity contribution in [3.63, 3.8) is 0 Å². The number of tetrazole rings is 1. The number of rotatable bonds is 6. The molecular weight excluding hydrogens is 457 g/mol. The first-order valence-electron chi connectivity index (χ1n) is 11.1. The quantitative estimate of drug-likeness (QED) is 0.548. The molecule has 2 aliphatic heterocycles. The van der Waals surface area contributed by atoms with Crippen molar-refractivity contribution in [2.75, 3.05) is 7.05 Å². The zero-order valence-corrected chi connectivity index (χ0v) is 19.1. The van der Waals surface area contributed by atoms with Crippen molar-refractivity contribution in [1.29, 1.82) is 0 Å². The average Bonchev–Trinajstić information content (AvgIpc) is 3.52. The lowest BCUT2D eigenvalue weighted by Gasteiger charge is -2.39. The first-order chi connectivity index (χ1) is 16.9. The summed E-state index contributed by atoms with van der Waals surface area (Å²) in [5.74, 6) is 0.795. The Bertz CT molecular complexity index is 1290. The fourth-order valence-corrected chi connectivity index (χ4v) is 4.40. The van der Waals surface area contributed by atoms with Gasteiger partial charge >= 0.3 is 6.18 Å². The summed E-state index contributed by atoms with van der Waals surface area (Å²) in [4.78, 5) is 4.53. The summed E-state index contributed by atoms with van der Waals surface area (Å²) in [6, 6.07) is 15.7.